The minimum absolute atomic E-state index is 0.159. The van der Waals surface area contributed by atoms with Crippen molar-refractivity contribution in [2.45, 2.75) is 19.3 Å². The maximum atomic E-state index is 6.50. The summed E-state index contributed by atoms with van der Waals surface area (Å²) in [6, 6.07) is 51.1. The van der Waals surface area contributed by atoms with E-state index < -0.39 is 0 Å². The number of rotatable bonds is 4. The second-order valence-corrected chi connectivity index (χ2v) is 12.6. The molecule has 1 aliphatic carbocycles. The zero-order valence-electron chi connectivity index (χ0n) is 25.7. The minimum atomic E-state index is -0.159. The van der Waals surface area contributed by atoms with Crippen LogP contribution < -0.4 is 0 Å². The van der Waals surface area contributed by atoms with Crippen molar-refractivity contribution >= 4 is 21.9 Å². The van der Waals surface area contributed by atoms with Crippen molar-refractivity contribution in [3.05, 3.63) is 157 Å². The first kappa shape index (κ1) is 26.6. The molecule has 0 radical (unpaired) electrons. The summed E-state index contributed by atoms with van der Waals surface area (Å²) < 4.78 is 6.50. The Morgan fingerprint density at radius 3 is 1.93 bits per heavy atom. The molecular weight excluding hydrogens is 560 g/mol. The normalized spacial score (nSPS) is 13.2. The largest absolute Gasteiger partial charge is 0.455 e. The predicted octanol–water partition coefficient (Wildman–Crippen LogP) is 11.4. The number of para-hydroxylation sites is 1. The van der Waals surface area contributed by atoms with Gasteiger partial charge in [-0.05, 0) is 52.1 Å². The van der Waals surface area contributed by atoms with Gasteiger partial charge in [-0.25, -0.2) is 9.97 Å². The van der Waals surface area contributed by atoms with Crippen LogP contribution in [0.3, 0.4) is 0 Å². The van der Waals surface area contributed by atoms with E-state index in [2.05, 4.69) is 117 Å². The Bertz CT molecular complexity index is 2380. The Hall–Kier alpha value is -5.80. The van der Waals surface area contributed by atoms with Crippen LogP contribution in [-0.2, 0) is 5.41 Å². The average Bonchev–Trinajstić information content (AvgIpc) is 3.61. The molecule has 0 amide bonds. The minimum Gasteiger partial charge on any atom is -0.455 e. The highest BCUT2D eigenvalue weighted by molar-refractivity contribution is 6.11. The Labute approximate surface area is 267 Å². The SMILES string of the molecule is CC1(C)c2cc(-c3cccc(-c4cc(-c5ccccc5)nc(-c5ccccc5)n4)c3)ccc2-c2c1ccc1c2oc2ccccc21. The van der Waals surface area contributed by atoms with Gasteiger partial charge in [0.25, 0.3) is 0 Å². The Morgan fingerprint density at radius 2 is 1.13 bits per heavy atom. The molecule has 0 unspecified atom stereocenters. The van der Waals surface area contributed by atoms with E-state index in [0.29, 0.717) is 0 Å². The van der Waals surface area contributed by atoms with Crippen molar-refractivity contribution in [3.63, 3.8) is 0 Å². The number of furan rings is 1. The van der Waals surface area contributed by atoms with E-state index in [4.69, 9.17) is 14.4 Å². The maximum Gasteiger partial charge on any atom is 0.160 e. The van der Waals surface area contributed by atoms with Crippen LogP contribution in [0, 0.1) is 0 Å². The molecular formula is C43H30N2O. The van der Waals surface area contributed by atoms with Crippen molar-refractivity contribution in [3.8, 4) is 56.2 Å². The van der Waals surface area contributed by atoms with E-state index in [-0.39, 0.29) is 5.41 Å². The monoisotopic (exact) mass is 590 g/mol. The fraction of sp³-hybridized carbons (Fsp3) is 0.0698. The summed E-state index contributed by atoms with van der Waals surface area (Å²) in [7, 11) is 0. The van der Waals surface area contributed by atoms with Crippen LogP contribution in [0.2, 0.25) is 0 Å². The lowest BCUT2D eigenvalue weighted by molar-refractivity contribution is 0.653. The summed E-state index contributed by atoms with van der Waals surface area (Å²) in [4.78, 5) is 10.0. The molecule has 8 aromatic rings. The number of aromatic nitrogens is 2. The zero-order chi connectivity index (χ0) is 30.8. The second-order valence-electron chi connectivity index (χ2n) is 12.6. The van der Waals surface area contributed by atoms with Crippen molar-refractivity contribution in [1.29, 1.82) is 0 Å². The van der Waals surface area contributed by atoms with Crippen LogP contribution in [0.1, 0.15) is 25.0 Å². The second kappa shape index (κ2) is 10.1. The van der Waals surface area contributed by atoms with E-state index in [9.17, 15) is 0 Å². The van der Waals surface area contributed by atoms with Crippen LogP contribution in [0.25, 0.3) is 78.1 Å². The van der Waals surface area contributed by atoms with Crippen molar-refractivity contribution in [1.82, 2.24) is 9.97 Å². The third kappa shape index (κ3) is 4.13. The maximum absolute atomic E-state index is 6.50. The summed E-state index contributed by atoms with van der Waals surface area (Å²) in [6.45, 7) is 4.65. The Morgan fingerprint density at radius 1 is 0.478 bits per heavy atom. The number of fused-ring (bicyclic) bond motifs is 7. The standard InChI is InChI=1S/C43H30N2O/c1-43(2)35-23-22-33-32-18-9-10-19-39(32)46-41(33)40(35)34-21-20-30(25-36(34)43)29-16-11-17-31(24-29)38-26-37(27-12-5-3-6-13-27)44-42(45-38)28-14-7-4-8-15-28/h3-26H,1-2H3. The van der Waals surface area contributed by atoms with Gasteiger partial charge in [0.1, 0.15) is 11.2 Å². The fourth-order valence-corrected chi connectivity index (χ4v) is 7.11. The smallest absolute Gasteiger partial charge is 0.160 e. The molecule has 0 N–H and O–H groups in total. The molecule has 2 heterocycles. The average molecular weight is 591 g/mol. The molecule has 0 saturated carbocycles. The van der Waals surface area contributed by atoms with Gasteiger partial charge in [-0.3, -0.25) is 0 Å². The summed E-state index contributed by atoms with van der Waals surface area (Å²) in [6.07, 6.45) is 0. The molecule has 0 bridgehead atoms. The van der Waals surface area contributed by atoms with Gasteiger partial charge in [0.2, 0.25) is 0 Å². The van der Waals surface area contributed by atoms with E-state index in [1.165, 1.54) is 33.2 Å². The number of hydrogen-bond acceptors (Lipinski definition) is 3. The summed E-state index contributed by atoms with van der Waals surface area (Å²) in [5.41, 5.74) is 14.1. The topological polar surface area (TPSA) is 38.9 Å². The molecule has 3 heteroatoms. The lowest BCUT2D eigenvalue weighted by atomic mass is 9.81. The van der Waals surface area contributed by atoms with Crippen LogP contribution in [0.5, 0.6) is 0 Å². The van der Waals surface area contributed by atoms with Gasteiger partial charge in [0, 0.05) is 38.4 Å². The summed E-state index contributed by atoms with van der Waals surface area (Å²) >= 11 is 0. The van der Waals surface area contributed by atoms with Crippen LogP contribution >= 0.6 is 0 Å². The quantitative estimate of drug-likeness (QED) is 0.205. The molecule has 2 aromatic heterocycles. The first-order valence-electron chi connectivity index (χ1n) is 15.7. The van der Waals surface area contributed by atoms with Gasteiger partial charge >= 0.3 is 0 Å². The third-order valence-electron chi connectivity index (χ3n) is 9.50. The Kier molecular flexibility index (Phi) is 5.85. The highest BCUT2D eigenvalue weighted by Crippen LogP contribution is 2.53. The Balaban J connectivity index is 1.16. The van der Waals surface area contributed by atoms with Crippen LogP contribution in [0.4, 0.5) is 0 Å². The van der Waals surface area contributed by atoms with E-state index in [1.54, 1.807) is 0 Å². The van der Waals surface area contributed by atoms with Gasteiger partial charge < -0.3 is 4.42 Å². The highest BCUT2D eigenvalue weighted by atomic mass is 16.3. The van der Waals surface area contributed by atoms with Crippen LogP contribution in [0.15, 0.2) is 150 Å². The van der Waals surface area contributed by atoms with Crippen molar-refractivity contribution in [2.24, 2.45) is 0 Å². The van der Waals surface area contributed by atoms with Gasteiger partial charge in [-0.2, -0.15) is 0 Å². The summed E-state index contributed by atoms with van der Waals surface area (Å²) in [5.74, 6) is 0.719. The first-order valence-corrected chi connectivity index (χ1v) is 15.7. The predicted molar refractivity (Wildman–Crippen MR) is 189 cm³/mol. The van der Waals surface area contributed by atoms with Crippen LogP contribution in [-0.4, -0.2) is 9.97 Å². The van der Waals surface area contributed by atoms with E-state index in [0.717, 1.165) is 56.0 Å². The molecule has 0 atom stereocenters. The van der Waals surface area contributed by atoms with Crippen molar-refractivity contribution in [2.75, 3.05) is 0 Å². The molecule has 0 aliphatic heterocycles. The molecule has 0 fully saturated rings. The third-order valence-corrected chi connectivity index (χ3v) is 9.50. The molecule has 9 rings (SSSR count). The zero-order valence-corrected chi connectivity index (χ0v) is 25.7. The van der Waals surface area contributed by atoms with Gasteiger partial charge in [-0.1, -0.05) is 135 Å². The number of hydrogen-bond donors (Lipinski definition) is 0. The summed E-state index contributed by atoms with van der Waals surface area (Å²) in [5, 5.41) is 2.33. The molecule has 6 aromatic carbocycles. The van der Waals surface area contributed by atoms with Gasteiger partial charge in [0.05, 0.1) is 11.4 Å². The molecule has 0 saturated heterocycles. The van der Waals surface area contributed by atoms with Gasteiger partial charge in [0.15, 0.2) is 5.82 Å². The molecule has 46 heavy (non-hydrogen) atoms. The highest BCUT2D eigenvalue weighted by Gasteiger charge is 2.38. The van der Waals surface area contributed by atoms with E-state index in [1.807, 2.05) is 42.5 Å². The number of benzene rings is 6. The fourth-order valence-electron chi connectivity index (χ4n) is 7.11. The molecule has 218 valence electrons. The van der Waals surface area contributed by atoms with Crippen molar-refractivity contribution < 1.29 is 4.42 Å². The van der Waals surface area contributed by atoms with Gasteiger partial charge in [-0.15, -0.1) is 0 Å². The first-order chi connectivity index (χ1) is 22.5. The lowest BCUT2D eigenvalue weighted by Gasteiger charge is -2.22. The lowest BCUT2D eigenvalue weighted by Crippen LogP contribution is -2.14. The molecule has 0 spiro atoms. The molecule has 1 aliphatic rings. The van der Waals surface area contributed by atoms with E-state index >= 15 is 0 Å². The molecule has 3 nitrogen and oxygen atoms in total. The number of nitrogens with zero attached hydrogens (tertiary/aromatic N) is 2.